The average Bonchev–Trinajstić information content (AvgIpc) is 2.38. The van der Waals surface area contributed by atoms with Crippen LogP contribution in [0, 0.1) is 0 Å². The van der Waals surface area contributed by atoms with Crippen LogP contribution in [0.3, 0.4) is 0 Å². The van der Waals surface area contributed by atoms with Crippen molar-refractivity contribution in [1.82, 2.24) is 10.2 Å². The molecule has 0 saturated carbocycles. The molecule has 1 atom stereocenters. The number of hydrogen-bond donors (Lipinski definition) is 1. The molecular weight excluding hydrogens is 224 g/mol. The molecule has 102 valence electrons. The first-order chi connectivity index (χ1) is 8.63. The second kappa shape index (κ2) is 7.39. The molecule has 0 spiro atoms. The van der Waals surface area contributed by atoms with Gasteiger partial charge >= 0.3 is 0 Å². The van der Waals surface area contributed by atoms with Gasteiger partial charge in [0.25, 0.3) is 0 Å². The van der Waals surface area contributed by atoms with Crippen molar-refractivity contribution in [3.05, 3.63) is 29.3 Å². The van der Waals surface area contributed by atoms with Crippen molar-refractivity contribution in [2.75, 3.05) is 34.8 Å². The standard InChI is InChI=1S/C15H26N2O/c1-6-12-11-13(7-8-15(12)18-5)14(17(3)4)9-10-16-2/h7-8,11,14,16H,6,9-10H2,1-5H3. The Bertz CT molecular complexity index is 364. The smallest absolute Gasteiger partial charge is 0.122 e. The van der Waals surface area contributed by atoms with E-state index in [9.17, 15) is 0 Å². The zero-order valence-electron chi connectivity index (χ0n) is 12.3. The predicted octanol–water partition coefficient (Wildman–Crippen LogP) is 2.47. The van der Waals surface area contributed by atoms with Crippen LogP contribution >= 0.6 is 0 Å². The van der Waals surface area contributed by atoms with Gasteiger partial charge in [-0.3, -0.25) is 0 Å². The SMILES string of the molecule is CCc1cc(C(CCNC)N(C)C)ccc1OC. The quantitative estimate of drug-likeness (QED) is 0.804. The lowest BCUT2D eigenvalue weighted by Crippen LogP contribution is -2.24. The molecule has 0 saturated heterocycles. The Kier molecular flexibility index (Phi) is 6.16. The molecule has 0 aliphatic rings. The van der Waals surface area contributed by atoms with Gasteiger partial charge < -0.3 is 15.0 Å². The Hall–Kier alpha value is -1.06. The van der Waals surface area contributed by atoms with Gasteiger partial charge in [0, 0.05) is 6.04 Å². The summed E-state index contributed by atoms with van der Waals surface area (Å²) in [6.07, 6.45) is 2.11. The normalized spacial score (nSPS) is 12.8. The summed E-state index contributed by atoms with van der Waals surface area (Å²) in [6.45, 7) is 3.19. The van der Waals surface area contributed by atoms with Crippen LogP contribution < -0.4 is 10.1 Å². The van der Waals surface area contributed by atoms with Gasteiger partial charge in [0.1, 0.15) is 5.75 Å². The monoisotopic (exact) mass is 250 g/mol. The maximum Gasteiger partial charge on any atom is 0.122 e. The second-order valence-corrected chi connectivity index (χ2v) is 4.80. The predicted molar refractivity (Wildman–Crippen MR) is 77.3 cm³/mol. The number of aryl methyl sites for hydroxylation is 1. The van der Waals surface area contributed by atoms with Gasteiger partial charge in [-0.05, 0) is 57.7 Å². The molecule has 18 heavy (non-hydrogen) atoms. The third-order valence-corrected chi connectivity index (χ3v) is 3.36. The van der Waals surface area contributed by atoms with E-state index in [1.165, 1.54) is 11.1 Å². The Labute approximate surface area is 111 Å². The number of ether oxygens (including phenoxy) is 1. The van der Waals surface area contributed by atoms with E-state index in [0.717, 1.165) is 25.1 Å². The van der Waals surface area contributed by atoms with Gasteiger partial charge in [-0.15, -0.1) is 0 Å². The number of hydrogen-bond acceptors (Lipinski definition) is 3. The number of benzene rings is 1. The summed E-state index contributed by atoms with van der Waals surface area (Å²) < 4.78 is 5.39. The van der Waals surface area contributed by atoms with Gasteiger partial charge in [-0.2, -0.15) is 0 Å². The average molecular weight is 250 g/mol. The van der Waals surface area contributed by atoms with Gasteiger partial charge in [-0.1, -0.05) is 19.1 Å². The van der Waals surface area contributed by atoms with E-state index < -0.39 is 0 Å². The van der Waals surface area contributed by atoms with Gasteiger partial charge in [-0.25, -0.2) is 0 Å². The maximum absolute atomic E-state index is 5.39. The summed E-state index contributed by atoms with van der Waals surface area (Å²) in [5.74, 6) is 0.993. The van der Waals surface area contributed by atoms with E-state index in [1.54, 1.807) is 7.11 Å². The number of nitrogens with zero attached hydrogens (tertiary/aromatic N) is 1. The van der Waals surface area contributed by atoms with Crippen LogP contribution in [0.5, 0.6) is 5.75 Å². The fourth-order valence-corrected chi connectivity index (χ4v) is 2.29. The third kappa shape index (κ3) is 3.72. The van der Waals surface area contributed by atoms with Gasteiger partial charge in [0.05, 0.1) is 7.11 Å². The molecule has 0 heterocycles. The molecule has 0 aliphatic carbocycles. The largest absolute Gasteiger partial charge is 0.496 e. The maximum atomic E-state index is 5.39. The number of methoxy groups -OCH3 is 1. The molecule has 1 N–H and O–H groups in total. The Morgan fingerprint density at radius 2 is 2.06 bits per heavy atom. The highest BCUT2D eigenvalue weighted by atomic mass is 16.5. The zero-order valence-corrected chi connectivity index (χ0v) is 12.3. The number of nitrogens with one attached hydrogen (secondary N) is 1. The summed E-state index contributed by atoms with van der Waals surface area (Å²) in [5.41, 5.74) is 2.65. The van der Waals surface area contributed by atoms with Crippen LogP contribution in [0.25, 0.3) is 0 Å². The fourth-order valence-electron chi connectivity index (χ4n) is 2.29. The summed E-state index contributed by atoms with van der Waals surface area (Å²) in [4.78, 5) is 2.28. The van der Waals surface area contributed by atoms with Crippen LogP contribution in [-0.4, -0.2) is 39.7 Å². The zero-order chi connectivity index (χ0) is 13.5. The highest BCUT2D eigenvalue weighted by molar-refractivity contribution is 5.38. The van der Waals surface area contributed by atoms with Crippen molar-refractivity contribution < 1.29 is 4.74 Å². The minimum Gasteiger partial charge on any atom is -0.496 e. The first-order valence-corrected chi connectivity index (χ1v) is 6.61. The summed E-state index contributed by atoms with van der Waals surface area (Å²) in [6, 6.07) is 7.00. The van der Waals surface area contributed by atoms with Crippen molar-refractivity contribution in [3.8, 4) is 5.75 Å². The lowest BCUT2D eigenvalue weighted by Gasteiger charge is -2.25. The molecular formula is C15H26N2O. The molecule has 0 aliphatic heterocycles. The summed E-state index contributed by atoms with van der Waals surface area (Å²) >= 11 is 0. The first-order valence-electron chi connectivity index (χ1n) is 6.61. The molecule has 1 unspecified atom stereocenters. The van der Waals surface area contributed by atoms with E-state index >= 15 is 0 Å². The van der Waals surface area contributed by atoms with E-state index in [2.05, 4.69) is 49.4 Å². The van der Waals surface area contributed by atoms with E-state index in [0.29, 0.717) is 6.04 Å². The molecule has 3 heteroatoms. The summed E-state index contributed by atoms with van der Waals surface area (Å²) in [5, 5.41) is 3.22. The molecule has 0 amide bonds. The summed E-state index contributed by atoms with van der Waals surface area (Å²) in [7, 11) is 8.00. The molecule has 0 aromatic heterocycles. The van der Waals surface area contributed by atoms with E-state index in [-0.39, 0.29) is 0 Å². The topological polar surface area (TPSA) is 24.5 Å². The van der Waals surface area contributed by atoms with Crippen LogP contribution in [0.4, 0.5) is 0 Å². The first kappa shape index (κ1) is 15.0. The minimum atomic E-state index is 0.452. The lowest BCUT2D eigenvalue weighted by atomic mass is 9.99. The van der Waals surface area contributed by atoms with Crippen LogP contribution in [0.2, 0.25) is 0 Å². The minimum absolute atomic E-state index is 0.452. The van der Waals surface area contributed by atoms with Crippen molar-refractivity contribution in [2.24, 2.45) is 0 Å². The highest BCUT2D eigenvalue weighted by Crippen LogP contribution is 2.27. The van der Waals surface area contributed by atoms with Crippen molar-refractivity contribution in [1.29, 1.82) is 0 Å². The van der Waals surface area contributed by atoms with Gasteiger partial charge in [0.2, 0.25) is 0 Å². The van der Waals surface area contributed by atoms with Crippen molar-refractivity contribution in [3.63, 3.8) is 0 Å². The number of rotatable bonds is 7. The molecule has 1 aromatic carbocycles. The highest BCUT2D eigenvalue weighted by Gasteiger charge is 2.15. The second-order valence-electron chi connectivity index (χ2n) is 4.80. The van der Waals surface area contributed by atoms with Crippen molar-refractivity contribution in [2.45, 2.75) is 25.8 Å². The lowest BCUT2D eigenvalue weighted by molar-refractivity contribution is 0.282. The van der Waals surface area contributed by atoms with Crippen LogP contribution in [0.15, 0.2) is 18.2 Å². The molecule has 0 radical (unpaired) electrons. The molecule has 0 fully saturated rings. The van der Waals surface area contributed by atoms with E-state index in [4.69, 9.17) is 4.74 Å². The Morgan fingerprint density at radius 1 is 1.33 bits per heavy atom. The third-order valence-electron chi connectivity index (χ3n) is 3.36. The molecule has 1 aromatic rings. The molecule has 3 nitrogen and oxygen atoms in total. The van der Waals surface area contributed by atoms with Gasteiger partial charge in [0.15, 0.2) is 0 Å². The fraction of sp³-hybridized carbons (Fsp3) is 0.600. The van der Waals surface area contributed by atoms with Crippen molar-refractivity contribution >= 4 is 0 Å². The molecule has 1 rings (SSSR count). The van der Waals surface area contributed by atoms with E-state index in [1.807, 2.05) is 7.05 Å². The molecule has 0 bridgehead atoms. The Balaban J connectivity index is 2.97. The van der Waals surface area contributed by atoms with Crippen LogP contribution in [-0.2, 0) is 6.42 Å². The Morgan fingerprint density at radius 3 is 2.56 bits per heavy atom. The van der Waals surface area contributed by atoms with Crippen LogP contribution in [0.1, 0.15) is 30.5 Å².